The second-order valence-electron chi connectivity index (χ2n) is 6.55. The van der Waals surface area contributed by atoms with E-state index < -0.39 is 11.7 Å². The summed E-state index contributed by atoms with van der Waals surface area (Å²) in [6.45, 7) is 5.38. The van der Waals surface area contributed by atoms with Crippen LogP contribution in [-0.4, -0.2) is 21.0 Å². The fourth-order valence-electron chi connectivity index (χ4n) is 2.89. The van der Waals surface area contributed by atoms with E-state index in [4.69, 9.17) is 4.52 Å². The molecule has 0 aliphatic rings. The van der Waals surface area contributed by atoms with E-state index in [1.54, 1.807) is 25.3 Å². The van der Waals surface area contributed by atoms with Gasteiger partial charge in [-0.25, -0.2) is 14.4 Å². The Morgan fingerprint density at radius 2 is 2.00 bits per heavy atom. The number of carbonyl (C=O) groups excluding carboxylic acids is 1. The molecule has 0 atom stereocenters. The van der Waals surface area contributed by atoms with Crippen LogP contribution in [0.15, 0.2) is 47.1 Å². The highest BCUT2D eigenvalue weighted by Crippen LogP contribution is 2.33. The normalized spacial score (nSPS) is 10.9. The Morgan fingerprint density at radius 3 is 2.69 bits per heavy atom. The molecule has 0 saturated carbocycles. The highest BCUT2D eigenvalue weighted by molar-refractivity contribution is 7.15. The van der Waals surface area contributed by atoms with Crippen LogP contribution >= 0.6 is 11.3 Å². The molecule has 3 heterocycles. The summed E-state index contributed by atoms with van der Waals surface area (Å²) >= 11 is 1.52. The molecular weight excluding hydrogens is 391 g/mol. The first kappa shape index (κ1) is 18.9. The number of nitrogens with one attached hydrogen (secondary N) is 1. The number of pyridine rings is 1. The lowest BCUT2D eigenvalue weighted by Gasteiger charge is -2.08. The maximum absolute atomic E-state index is 13.7. The van der Waals surface area contributed by atoms with Gasteiger partial charge in [0, 0.05) is 28.3 Å². The zero-order valence-electron chi connectivity index (χ0n) is 16.0. The molecular formula is C21H17FN4O2S. The van der Waals surface area contributed by atoms with Crippen molar-refractivity contribution in [3.8, 4) is 22.0 Å². The van der Waals surface area contributed by atoms with Crippen molar-refractivity contribution in [3.05, 3.63) is 70.2 Å². The summed E-state index contributed by atoms with van der Waals surface area (Å²) in [4.78, 5) is 22.4. The Balaban J connectivity index is 1.55. The van der Waals surface area contributed by atoms with Crippen molar-refractivity contribution in [2.75, 3.05) is 5.32 Å². The monoisotopic (exact) mass is 408 g/mol. The summed E-state index contributed by atoms with van der Waals surface area (Å²) in [5.74, 6) is 0.279. The number of halogens is 1. The standard InChI is InChI=1S/C21H17FN4O2S/c1-11-9-17(26-28-11)21-25-19(13(3)29-21)14-7-8-18(23-10-14)24-20(27)15-5-4-6-16(22)12(15)2/h4-10H,1-3H3,(H,23,24,27). The molecule has 4 aromatic rings. The number of nitrogens with zero attached hydrogens (tertiary/aromatic N) is 3. The predicted octanol–water partition coefficient (Wildman–Crippen LogP) is 5.18. The summed E-state index contributed by atoms with van der Waals surface area (Å²) in [5.41, 5.74) is 2.90. The number of aryl methyl sites for hydroxylation is 2. The van der Waals surface area contributed by atoms with Gasteiger partial charge in [-0.05, 0) is 50.6 Å². The molecule has 0 spiro atoms. The molecule has 0 radical (unpaired) electrons. The molecule has 1 amide bonds. The third-order valence-corrected chi connectivity index (χ3v) is 5.43. The van der Waals surface area contributed by atoms with Gasteiger partial charge in [-0.2, -0.15) is 0 Å². The summed E-state index contributed by atoms with van der Waals surface area (Å²) in [5, 5.41) is 7.47. The van der Waals surface area contributed by atoms with Crippen molar-refractivity contribution < 1.29 is 13.7 Å². The number of hydrogen-bond acceptors (Lipinski definition) is 6. The van der Waals surface area contributed by atoms with Gasteiger partial charge in [0.2, 0.25) is 0 Å². The molecule has 6 nitrogen and oxygen atoms in total. The van der Waals surface area contributed by atoms with Gasteiger partial charge < -0.3 is 9.84 Å². The maximum atomic E-state index is 13.7. The number of hydrogen-bond donors (Lipinski definition) is 1. The first-order valence-corrected chi connectivity index (χ1v) is 9.68. The quantitative estimate of drug-likeness (QED) is 0.503. The Bertz CT molecular complexity index is 1200. The second-order valence-corrected chi connectivity index (χ2v) is 7.75. The molecule has 0 aliphatic carbocycles. The van der Waals surface area contributed by atoms with Gasteiger partial charge >= 0.3 is 0 Å². The molecule has 0 aliphatic heterocycles. The predicted molar refractivity (Wildman–Crippen MR) is 109 cm³/mol. The Morgan fingerprint density at radius 1 is 1.17 bits per heavy atom. The number of thiazole rings is 1. The Hall–Kier alpha value is -3.39. The topological polar surface area (TPSA) is 80.9 Å². The van der Waals surface area contributed by atoms with Gasteiger partial charge in [-0.3, -0.25) is 4.79 Å². The molecule has 0 unspecified atom stereocenters. The van der Waals surface area contributed by atoms with E-state index in [9.17, 15) is 9.18 Å². The largest absolute Gasteiger partial charge is 0.361 e. The van der Waals surface area contributed by atoms with Crippen molar-refractivity contribution >= 4 is 23.1 Å². The minimum Gasteiger partial charge on any atom is -0.361 e. The van der Waals surface area contributed by atoms with E-state index in [1.165, 1.54) is 23.5 Å². The molecule has 4 rings (SSSR count). The molecule has 3 aromatic heterocycles. The summed E-state index contributed by atoms with van der Waals surface area (Å²) in [6, 6.07) is 9.78. The van der Waals surface area contributed by atoms with Crippen LogP contribution in [0, 0.1) is 26.6 Å². The van der Waals surface area contributed by atoms with Crippen LogP contribution in [0.1, 0.15) is 26.6 Å². The van der Waals surface area contributed by atoms with Gasteiger partial charge in [0.25, 0.3) is 5.91 Å². The van der Waals surface area contributed by atoms with Crippen LogP contribution in [0.2, 0.25) is 0 Å². The van der Waals surface area contributed by atoms with Crippen LogP contribution < -0.4 is 5.32 Å². The second kappa shape index (κ2) is 7.56. The molecule has 0 fully saturated rings. The lowest BCUT2D eigenvalue weighted by Crippen LogP contribution is -2.14. The number of rotatable bonds is 4. The molecule has 1 aromatic carbocycles. The molecule has 0 bridgehead atoms. The Kier molecular flexibility index (Phi) is 4.94. The average Bonchev–Trinajstić information content (AvgIpc) is 3.30. The van der Waals surface area contributed by atoms with Crippen molar-refractivity contribution in [3.63, 3.8) is 0 Å². The lowest BCUT2D eigenvalue weighted by atomic mass is 10.1. The third-order valence-electron chi connectivity index (χ3n) is 4.43. The number of carbonyl (C=O) groups is 1. The zero-order chi connectivity index (χ0) is 20.5. The summed E-state index contributed by atoms with van der Waals surface area (Å²) < 4.78 is 18.8. The van der Waals surface area contributed by atoms with Gasteiger partial charge in [-0.1, -0.05) is 11.2 Å². The highest BCUT2D eigenvalue weighted by Gasteiger charge is 2.16. The molecule has 8 heteroatoms. The van der Waals surface area contributed by atoms with Crippen molar-refractivity contribution in [2.45, 2.75) is 20.8 Å². The smallest absolute Gasteiger partial charge is 0.257 e. The summed E-state index contributed by atoms with van der Waals surface area (Å²) in [7, 11) is 0. The van der Waals surface area contributed by atoms with E-state index in [-0.39, 0.29) is 5.56 Å². The van der Waals surface area contributed by atoms with E-state index >= 15 is 0 Å². The average molecular weight is 408 g/mol. The summed E-state index contributed by atoms with van der Waals surface area (Å²) in [6.07, 6.45) is 1.65. The minimum atomic E-state index is -0.418. The fourth-order valence-corrected chi connectivity index (χ4v) is 3.77. The molecule has 146 valence electrons. The van der Waals surface area contributed by atoms with Crippen molar-refractivity contribution in [2.24, 2.45) is 0 Å². The van der Waals surface area contributed by atoms with E-state index in [0.717, 1.165) is 26.9 Å². The van der Waals surface area contributed by atoms with Crippen molar-refractivity contribution in [1.29, 1.82) is 0 Å². The fraction of sp³-hybridized carbons (Fsp3) is 0.143. The van der Waals surface area contributed by atoms with Gasteiger partial charge in [0.15, 0.2) is 0 Å². The lowest BCUT2D eigenvalue weighted by molar-refractivity contribution is 0.102. The van der Waals surface area contributed by atoms with E-state index in [2.05, 4.69) is 20.4 Å². The first-order valence-electron chi connectivity index (χ1n) is 8.86. The molecule has 29 heavy (non-hydrogen) atoms. The van der Waals surface area contributed by atoms with Gasteiger partial charge in [0.1, 0.15) is 28.1 Å². The van der Waals surface area contributed by atoms with Crippen LogP contribution in [0.5, 0.6) is 0 Å². The first-order chi connectivity index (χ1) is 13.9. The van der Waals surface area contributed by atoms with Crippen LogP contribution in [0.25, 0.3) is 22.0 Å². The van der Waals surface area contributed by atoms with Crippen LogP contribution in [-0.2, 0) is 0 Å². The van der Waals surface area contributed by atoms with Gasteiger partial charge in [0.05, 0.1) is 5.69 Å². The van der Waals surface area contributed by atoms with E-state index in [0.29, 0.717) is 17.1 Å². The number of benzene rings is 1. The van der Waals surface area contributed by atoms with Crippen LogP contribution in [0.4, 0.5) is 10.2 Å². The maximum Gasteiger partial charge on any atom is 0.257 e. The SMILES string of the molecule is Cc1cc(-c2nc(-c3ccc(NC(=O)c4cccc(F)c4C)nc3)c(C)s2)no1. The highest BCUT2D eigenvalue weighted by atomic mass is 32.1. The Labute approximate surface area is 170 Å². The minimum absolute atomic E-state index is 0.277. The van der Waals surface area contributed by atoms with Crippen molar-refractivity contribution in [1.82, 2.24) is 15.1 Å². The zero-order valence-corrected chi connectivity index (χ0v) is 16.8. The van der Waals surface area contributed by atoms with Gasteiger partial charge in [-0.15, -0.1) is 11.3 Å². The third kappa shape index (κ3) is 3.79. The molecule has 1 N–H and O–H groups in total. The number of aromatic nitrogens is 3. The molecule has 0 saturated heterocycles. The number of anilines is 1. The van der Waals surface area contributed by atoms with Crippen LogP contribution in [0.3, 0.4) is 0 Å². The number of amides is 1. The van der Waals surface area contributed by atoms with E-state index in [1.807, 2.05) is 26.0 Å².